The lowest BCUT2D eigenvalue weighted by Crippen LogP contribution is -2.37. The van der Waals surface area contributed by atoms with Crippen LogP contribution in [0.25, 0.3) is 5.57 Å². The third kappa shape index (κ3) is 4.87. The maximum Gasteiger partial charge on any atom is 0.244 e. The number of hydrogen-bond acceptors (Lipinski definition) is 2. The maximum atomic E-state index is 12.1. The van der Waals surface area contributed by atoms with Gasteiger partial charge in [0.15, 0.2) is 0 Å². The second-order valence-electron chi connectivity index (χ2n) is 5.75. The molecule has 0 heterocycles. The Hall–Kier alpha value is -1.32. The Bertz CT molecular complexity index is 519. The molecular formula is C17H22ClNO2. The summed E-state index contributed by atoms with van der Waals surface area (Å²) in [6.45, 7) is 2.17. The van der Waals surface area contributed by atoms with Gasteiger partial charge in [-0.15, -0.1) is 0 Å². The molecule has 1 saturated carbocycles. The van der Waals surface area contributed by atoms with Crippen LogP contribution < -0.4 is 5.32 Å². The van der Waals surface area contributed by atoms with Gasteiger partial charge in [0.25, 0.3) is 0 Å². The Balaban J connectivity index is 1.90. The zero-order chi connectivity index (χ0) is 15.2. The van der Waals surface area contributed by atoms with Crippen LogP contribution >= 0.6 is 11.6 Å². The van der Waals surface area contributed by atoms with Crippen molar-refractivity contribution >= 4 is 23.1 Å². The van der Waals surface area contributed by atoms with Crippen molar-refractivity contribution in [3.05, 3.63) is 40.9 Å². The van der Waals surface area contributed by atoms with E-state index < -0.39 is 0 Å². The molecule has 1 amide bonds. The lowest BCUT2D eigenvalue weighted by molar-refractivity contribution is -0.117. The van der Waals surface area contributed by atoms with Gasteiger partial charge in [-0.2, -0.15) is 0 Å². The highest BCUT2D eigenvalue weighted by Gasteiger charge is 2.21. The van der Waals surface area contributed by atoms with E-state index in [1.807, 2.05) is 31.2 Å². The van der Waals surface area contributed by atoms with Crippen molar-refractivity contribution in [3.63, 3.8) is 0 Å². The summed E-state index contributed by atoms with van der Waals surface area (Å²) in [4.78, 5) is 12.1. The van der Waals surface area contributed by atoms with Crippen LogP contribution in [-0.4, -0.2) is 23.7 Å². The summed E-state index contributed by atoms with van der Waals surface area (Å²) in [6, 6.07) is 7.72. The summed E-state index contributed by atoms with van der Waals surface area (Å²) in [5.74, 6) is 0.349. The van der Waals surface area contributed by atoms with Crippen LogP contribution in [0.15, 0.2) is 30.3 Å². The summed E-state index contributed by atoms with van der Waals surface area (Å²) in [6.07, 6.45) is 5.49. The molecule has 0 aromatic heterocycles. The fourth-order valence-corrected chi connectivity index (χ4v) is 2.94. The number of amides is 1. The van der Waals surface area contributed by atoms with Crippen LogP contribution in [0.1, 0.15) is 38.2 Å². The van der Waals surface area contributed by atoms with Crippen molar-refractivity contribution in [1.82, 2.24) is 5.32 Å². The first-order chi connectivity index (χ1) is 10.1. The van der Waals surface area contributed by atoms with Crippen LogP contribution in [0.5, 0.6) is 0 Å². The summed E-state index contributed by atoms with van der Waals surface area (Å²) >= 11 is 5.96. The Morgan fingerprint density at radius 2 is 2.10 bits per heavy atom. The van der Waals surface area contributed by atoms with E-state index >= 15 is 0 Å². The summed E-state index contributed by atoms with van der Waals surface area (Å²) < 4.78 is 0. The van der Waals surface area contributed by atoms with Crippen molar-refractivity contribution in [3.8, 4) is 0 Å². The Labute approximate surface area is 131 Å². The molecule has 0 spiro atoms. The van der Waals surface area contributed by atoms with E-state index in [9.17, 15) is 4.79 Å². The van der Waals surface area contributed by atoms with E-state index in [0.29, 0.717) is 10.9 Å². The van der Waals surface area contributed by atoms with E-state index in [2.05, 4.69) is 5.32 Å². The van der Waals surface area contributed by atoms with Gasteiger partial charge >= 0.3 is 0 Å². The van der Waals surface area contributed by atoms with Gasteiger partial charge in [0.2, 0.25) is 5.91 Å². The van der Waals surface area contributed by atoms with E-state index in [4.69, 9.17) is 16.7 Å². The number of benzene rings is 1. The highest BCUT2D eigenvalue weighted by Crippen LogP contribution is 2.24. The van der Waals surface area contributed by atoms with Crippen LogP contribution in [0.4, 0.5) is 0 Å². The van der Waals surface area contributed by atoms with Gasteiger partial charge in [-0.25, -0.2) is 0 Å². The SMILES string of the molecule is C/C(=C/C(=O)NC1CCC(CO)CC1)c1cccc(Cl)c1. The largest absolute Gasteiger partial charge is 0.396 e. The van der Waals surface area contributed by atoms with E-state index in [1.54, 1.807) is 6.08 Å². The third-order valence-corrected chi connectivity index (χ3v) is 4.31. The molecular weight excluding hydrogens is 286 g/mol. The first-order valence-corrected chi connectivity index (χ1v) is 7.82. The monoisotopic (exact) mass is 307 g/mol. The van der Waals surface area contributed by atoms with Crippen LogP contribution in [0, 0.1) is 5.92 Å². The van der Waals surface area contributed by atoms with Gasteiger partial charge in [-0.1, -0.05) is 23.7 Å². The van der Waals surface area contributed by atoms with Crippen molar-refractivity contribution < 1.29 is 9.90 Å². The number of aliphatic hydroxyl groups excluding tert-OH is 1. The zero-order valence-electron chi connectivity index (χ0n) is 12.3. The zero-order valence-corrected chi connectivity index (χ0v) is 13.1. The second kappa shape index (κ2) is 7.62. The van der Waals surface area contributed by atoms with E-state index in [0.717, 1.165) is 36.8 Å². The lowest BCUT2D eigenvalue weighted by atomic mass is 9.86. The molecule has 114 valence electrons. The fourth-order valence-electron chi connectivity index (χ4n) is 2.75. The molecule has 1 aromatic rings. The van der Waals surface area contributed by atoms with Crippen molar-refractivity contribution in [1.29, 1.82) is 0 Å². The predicted molar refractivity (Wildman–Crippen MR) is 86.1 cm³/mol. The van der Waals surface area contributed by atoms with Gasteiger partial charge < -0.3 is 10.4 Å². The van der Waals surface area contributed by atoms with Crippen LogP contribution in [0.3, 0.4) is 0 Å². The molecule has 2 N–H and O–H groups in total. The topological polar surface area (TPSA) is 49.3 Å². The number of carbonyl (C=O) groups is 1. The Morgan fingerprint density at radius 1 is 1.38 bits per heavy atom. The highest BCUT2D eigenvalue weighted by atomic mass is 35.5. The number of hydrogen-bond donors (Lipinski definition) is 2. The molecule has 1 aliphatic rings. The molecule has 0 atom stereocenters. The molecule has 3 nitrogen and oxygen atoms in total. The van der Waals surface area contributed by atoms with Gasteiger partial charge in [0.05, 0.1) is 0 Å². The molecule has 1 fully saturated rings. The average molecular weight is 308 g/mol. The van der Waals surface area contributed by atoms with Crippen molar-refractivity contribution in [2.75, 3.05) is 6.61 Å². The van der Waals surface area contributed by atoms with Gasteiger partial charge in [0.1, 0.15) is 0 Å². The summed E-state index contributed by atoms with van der Waals surface area (Å²) in [7, 11) is 0. The third-order valence-electron chi connectivity index (χ3n) is 4.08. The quantitative estimate of drug-likeness (QED) is 0.838. The fraction of sp³-hybridized carbons (Fsp3) is 0.471. The van der Waals surface area contributed by atoms with Gasteiger partial charge in [0, 0.05) is 23.7 Å². The molecule has 1 aliphatic carbocycles. The van der Waals surface area contributed by atoms with Gasteiger partial charge in [-0.3, -0.25) is 4.79 Å². The maximum absolute atomic E-state index is 12.1. The molecule has 0 unspecified atom stereocenters. The number of allylic oxidation sites excluding steroid dienone is 1. The standard InChI is InChI=1S/C17H22ClNO2/c1-12(14-3-2-4-15(18)10-14)9-17(21)19-16-7-5-13(11-20)6-8-16/h2-4,9-10,13,16,20H,5-8,11H2,1H3,(H,19,21)/b12-9-. The van der Waals surface area contributed by atoms with E-state index in [1.165, 1.54) is 0 Å². The Morgan fingerprint density at radius 3 is 2.71 bits per heavy atom. The summed E-state index contributed by atoms with van der Waals surface area (Å²) in [5.41, 5.74) is 1.86. The first-order valence-electron chi connectivity index (χ1n) is 7.44. The molecule has 1 aromatic carbocycles. The van der Waals surface area contributed by atoms with Gasteiger partial charge in [-0.05, 0) is 61.8 Å². The second-order valence-corrected chi connectivity index (χ2v) is 6.18. The van der Waals surface area contributed by atoms with Crippen molar-refractivity contribution in [2.45, 2.75) is 38.6 Å². The molecule has 0 radical (unpaired) electrons. The minimum absolute atomic E-state index is 0.0556. The normalized spacial score (nSPS) is 22.9. The predicted octanol–water partition coefficient (Wildman–Crippen LogP) is 3.41. The first kappa shape index (κ1) is 16.1. The molecule has 2 rings (SSSR count). The van der Waals surface area contributed by atoms with E-state index in [-0.39, 0.29) is 18.6 Å². The molecule has 0 saturated heterocycles. The lowest BCUT2D eigenvalue weighted by Gasteiger charge is -2.27. The molecule has 21 heavy (non-hydrogen) atoms. The average Bonchev–Trinajstić information content (AvgIpc) is 2.48. The number of aliphatic hydroxyl groups is 1. The molecule has 0 aliphatic heterocycles. The molecule has 0 bridgehead atoms. The summed E-state index contributed by atoms with van der Waals surface area (Å²) in [5, 5.41) is 12.8. The number of nitrogens with one attached hydrogen (secondary N) is 1. The van der Waals surface area contributed by atoms with Crippen LogP contribution in [0.2, 0.25) is 5.02 Å². The Kier molecular flexibility index (Phi) is 5.83. The minimum Gasteiger partial charge on any atom is -0.396 e. The number of halogens is 1. The minimum atomic E-state index is -0.0556. The van der Waals surface area contributed by atoms with Crippen LogP contribution in [-0.2, 0) is 4.79 Å². The van der Waals surface area contributed by atoms with Crippen molar-refractivity contribution in [2.24, 2.45) is 5.92 Å². The highest BCUT2D eigenvalue weighted by molar-refractivity contribution is 6.30. The molecule has 4 heteroatoms. The number of rotatable bonds is 4. The smallest absolute Gasteiger partial charge is 0.244 e. The number of carbonyl (C=O) groups excluding carboxylic acids is 1.